The van der Waals surface area contributed by atoms with E-state index in [1.807, 2.05) is 13.0 Å². The number of aromatic nitrogens is 1. The predicted molar refractivity (Wildman–Crippen MR) is 70.8 cm³/mol. The lowest BCUT2D eigenvalue weighted by atomic mass is 10.3. The van der Waals surface area contributed by atoms with Crippen molar-refractivity contribution in [3.05, 3.63) is 50.8 Å². The molecule has 0 fully saturated rings. The first-order chi connectivity index (χ1) is 8.06. The molecular formula is C12H8Br2FNO. The molecule has 1 aromatic heterocycles. The van der Waals surface area contributed by atoms with Crippen LogP contribution in [-0.2, 0) is 0 Å². The monoisotopic (exact) mass is 359 g/mol. The van der Waals surface area contributed by atoms with Gasteiger partial charge in [0.15, 0.2) is 0 Å². The summed E-state index contributed by atoms with van der Waals surface area (Å²) < 4.78 is 19.9. The van der Waals surface area contributed by atoms with Crippen LogP contribution in [0.2, 0.25) is 0 Å². The molecule has 0 aliphatic carbocycles. The molecule has 5 heteroatoms. The quantitative estimate of drug-likeness (QED) is 0.763. The predicted octanol–water partition coefficient (Wildman–Crippen LogP) is 4.85. The highest BCUT2D eigenvalue weighted by Crippen LogP contribution is 2.30. The van der Waals surface area contributed by atoms with Gasteiger partial charge in [0, 0.05) is 10.5 Å². The Balaban J connectivity index is 2.28. The summed E-state index contributed by atoms with van der Waals surface area (Å²) >= 11 is 6.60. The summed E-state index contributed by atoms with van der Waals surface area (Å²) in [5.41, 5.74) is 0.834. The Kier molecular flexibility index (Phi) is 3.79. The molecule has 0 saturated heterocycles. The first kappa shape index (κ1) is 12.5. The average molecular weight is 361 g/mol. The summed E-state index contributed by atoms with van der Waals surface area (Å²) in [6, 6.07) is 7.84. The fourth-order valence-corrected chi connectivity index (χ4v) is 1.90. The standard InChI is InChI=1S/C12H8Br2FNO/c1-7-9(13)3-5-12(16-7)17-11-4-2-8(15)6-10(11)14/h2-6H,1H3. The maximum Gasteiger partial charge on any atom is 0.219 e. The van der Waals surface area contributed by atoms with E-state index in [0.29, 0.717) is 16.1 Å². The Morgan fingerprint density at radius 3 is 2.53 bits per heavy atom. The van der Waals surface area contributed by atoms with E-state index < -0.39 is 0 Å². The molecule has 2 rings (SSSR count). The zero-order chi connectivity index (χ0) is 12.4. The van der Waals surface area contributed by atoms with Gasteiger partial charge in [-0.3, -0.25) is 0 Å². The highest BCUT2D eigenvalue weighted by molar-refractivity contribution is 9.10. The van der Waals surface area contributed by atoms with Crippen molar-refractivity contribution in [1.29, 1.82) is 0 Å². The Labute approximate surface area is 115 Å². The summed E-state index contributed by atoms with van der Waals surface area (Å²) in [6.45, 7) is 1.87. The number of rotatable bonds is 2. The van der Waals surface area contributed by atoms with Crippen LogP contribution in [-0.4, -0.2) is 4.98 Å². The van der Waals surface area contributed by atoms with Crippen molar-refractivity contribution >= 4 is 31.9 Å². The Morgan fingerprint density at radius 2 is 1.88 bits per heavy atom. The maximum absolute atomic E-state index is 12.9. The van der Waals surface area contributed by atoms with Crippen molar-refractivity contribution in [2.75, 3.05) is 0 Å². The van der Waals surface area contributed by atoms with E-state index in [4.69, 9.17) is 4.74 Å². The number of pyridine rings is 1. The number of aryl methyl sites for hydroxylation is 1. The number of hydrogen-bond donors (Lipinski definition) is 0. The fourth-order valence-electron chi connectivity index (χ4n) is 1.25. The summed E-state index contributed by atoms with van der Waals surface area (Å²) in [5.74, 6) is 0.683. The maximum atomic E-state index is 12.9. The average Bonchev–Trinajstić information content (AvgIpc) is 2.27. The number of nitrogens with zero attached hydrogens (tertiary/aromatic N) is 1. The topological polar surface area (TPSA) is 22.1 Å². The summed E-state index contributed by atoms with van der Waals surface area (Å²) in [6.07, 6.45) is 0. The van der Waals surface area contributed by atoms with Gasteiger partial charge in [0.05, 0.1) is 10.2 Å². The van der Waals surface area contributed by atoms with Gasteiger partial charge in [0.1, 0.15) is 11.6 Å². The van der Waals surface area contributed by atoms with Crippen molar-refractivity contribution in [3.8, 4) is 11.6 Å². The lowest BCUT2D eigenvalue weighted by Crippen LogP contribution is -1.91. The third-order valence-corrected chi connectivity index (χ3v) is 3.56. The summed E-state index contributed by atoms with van der Waals surface area (Å²) in [5, 5.41) is 0. The minimum absolute atomic E-state index is 0.316. The van der Waals surface area contributed by atoms with E-state index in [1.165, 1.54) is 12.1 Å². The molecule has 2 aromatic rings. The van der Waals surface area contributed by atoms with Crippen LogP contribution in [0.25, 0.3) is 0 Å². The third-order valence-electron chi connectivity index (χ3n) is 2.10. The molecule has 1 heterocycles. The smallest absolute Gasteiger partial charge is 0.219 e. The zero-order valence-electron chi connectivity index (χ0n) is 8.88. The third kappa shape index (κ3) is 3.04. The first-order valence-corrected chi connectivity index (χ1v) is 6.41. The normalized spacial score (nSPS) is 10.4. The number of halogens is 3. The van der Waals surface area contributed by atoms with Gasteiger partial charge in [-0.15, -0.1) is 0 Å². The Hall–Kier alpha value is -0.940. The minimum Gasteiger partial charge on any atom is -0.438 e. The van der Waals surface area contributed by atoms with Gasteiger partial charge in [-0.05, 0) is 63.0 Å². The second-order valence-electron chi connectivity index (χ2n) is 3.39. The number of benzene rings is 1. The Bertz CT molecular complexity index is 560. The molecule has 0 unspecified atom stereocenters. The molecule has 0 radical (unpaired) electrons. The van der Waals surface area contributed by atoms with Crippen molar-refractivity contribution in [2.45, 2.75) is 6.92 Å². The summed E-state index contributed by atoms with van der Waals surface area (Å²) in [7, 11) is 0. The molecule has 1 aromatic carbocycles. The first-order valence-electron chi connectivity index (χ1n) is 4.82. The van der Waals surface area contributed by atoms with Gasteiger partial charge in [-0.1, -0.05) is 0 Å². The van der Waals surface area contributed by atoms with Crippen molar-refractivity contribution in [2.24, 2.45) is 0 Å². The molecule has 2 nitrogen and oxygen atoms in total. The SMILES string of the molecule is Cc1nc(Oc2ccc(F)cc2Br)ccc1Br. The van der Waals surface area contributed by atoms with Gasteiger partial charge >= 0.3 is 0 Å². The molecule has 0 aliphatic heterocycles. The van der Waals surface area contributed by atoms with Gasteiger partial charge in [0.25, 0.3) is 0 Å². The van der Waals surface area contributed by atoms with E-state index in [2.05, 4.69) is 36.8 Å². The summed E-state index contributed by atoms with van der Waals surface area (Å²) in [4.78, 5) is 4.25. The van der Waals surface area contributed by atoms with E-state index >= 15 is 0 Å². The highest BCUT2D eigenvalue weighted by atomic mass is 79.9. The number of ether oxygens (including phenoxy) is 1. The van der Waals surface area contributed by atoms with Gasteiger partial charge in [-0.2, -0.15) is 0 Å². The largest absolute Gasteiger partial charge is 0.438 e. The molecule has 0 N–H and O–H groups in total. The van der Waals surface area contributed by atoms with Crippen LogP contribution in [0.4, 0.5) is 4.39 Å². The second kappa shape index (κ2) is 5.14. The van der Waals surface area contributed by atoms with E-state index in [1.54, 1.807) is 12.1 Å². The fraction of sp³-hybridized carbons (Fsp3) is 0.0833. The van der Waals surface area contributed by atoms with Crippen molar-refractivity contribution in [3.63, 3.8) is 0 Å². The Morgan fingerprint density at radius 1 is 1.12 bits per heavy atom. The van der Waals surface area contributed by atoms with Gasteiger partial charge in [0.2, 0.25) is 5.88 Å². The molecule has 0 spiro atoms. The van der Waals surface area contributed by atoms with Crippen LogP contribution in [0, 0.1) is 12.7 Å². The molecule has 0 bridgehead atoms. The molecule has 0 amide bonds. The van der Waals surface area contributed by atoms with Crippen LogP contribution in [0.15, 0.2) is 39.3 Å². The van der Waals surface area contributed by atoms with Gasteiger partial charge in [-0.25, -0.2) is 9.37 Å². The zero-order valence-corrected chi connectivity index (χ0v) is 12.0. The van der Waals surface area contributed by atoms with Crippen molar-refractivity contribution < 1.29 is 9.13 Å². The van der Waals surface area contributed by atoms with Crippen LogP contribution in [0.5, 0.6) is 11.6 Å². The highest BCUT2D eigenvalue weighted by Gasteiger charge is 2.06. The van der Waals surface area contributed by atoms with Crippen LogP contribution >= 0.6 is 31.9 Å². The molecular weight excluding hydrogens is 353 g/mol. The van der Waals surface area contributed by atoms with E-state index in [9.17, 15) is 4.39 Å². The van der Waals surface area contributed by atoms with E-state index in [0.717, 1.165) is 10.2 Å². The molecule has 0 atom stereocenters. The second-order valence-corrected chi connectivity index (χ2v) is 5.10. The lowest BCUT2D eigenvalue weighted by Gasteiger charge is -2.07. The molecule has 0 aliphatic rings. The van der Waals surface area contributed by atoms with Crippen molar-refractivity contribution in [1.82, 2.24) is 4.98 Å². The minimum atomic E-state index is -0.316. The van der Waals surface area contributed by atoms with Crippen LogP contribution in [0.1, 0.15) is 5.69 Å². The molecule has 0 saturated carbocycles. The van der Waals surface area contributed by atoms with Crippen LogP contribution in [0.3, 0.4) is 0 Å². The van der Waals surface area contributed by atoms with Gasteiger partial charge < -0.3 is 4.74 Å². The molecule has 88 valence electrons. The molecule has 17 heavy (non-hydrogen) atoms. The van der Waals surface area contributed by atoms with Crippen LogP contribution < -0.4 is 4.74 Å². The number of hydrogen-bond acceptors (Lipinski definition) is 2. The lowest BCUT2D eigenvalue weighted by molar-refractivity contribution is 0.457. The van der Waals surface area contributed by atoms with E-state index in [-0.39, 0.29) is 5.82 Å².